The van der Waals surface area contributed by atoms with E-state index in [0.717, 1.165) is 11.1 Å². The second-order valence-electron chi connectivity index (χ2n) is 3.24. The number of hydrogen-bond acceptors (Lipinski definition) is 4. The number of aromatic nitrogens is 4. The summed E-state index contributed by atoms with van der Waals surface area (Å²) in [7, 11) is 0. The Labute approximate surface area is 95.6 Å². The van der Waals surface area contributed by atoms with E-state index in [1.807, 2.05) is 24.4 Å². The fraction of sp³-hybridized carbons (Fsp3) is 0.100. The highest BCUT2D eigenvalue weighted by molar-refractivity contribution is 6.16. The van der Waals surface area contributed by atoms with E-state index in [4.69, 9.17) is 16.1 Å². The maximum atomic E-state index is 5.61. The lowest BCUT2D eigenvalue weighted by atomic mass is 10.2. The first-order chi connectivity index (χ1) is 7.88. The minimum Gasteiger partial charge on any atom is -0.334 e. The van der Waals surface area contributed by atoms with Crippen molar-refractivity contribution in [2.45, 2.75) is 5.88 Å². The van der Waals surface area contributed by atoms with Crippen molar-refractivity contribution in [3.8, 4) is 11.5 Å². The van der Waals surface area contributed by atoms with E-state index in [1.54, 1.807) is 10.7 Å². The molecule has 0 spiro atoms. The van der Waals surface area contributed by atoms with Crippen molar-refractivity contribution in [3.63, 3.8) is 0 Å². The minimum absolute atomic E-state index is 0.239. The van der Waals surface area contributed by atoms with Gasteiger partial charge in [0.05, 0.1) is 23.2 Å². The summed E-state index contributed by atoms with van der Waals surface area (Å²) in [5.74, 6) is 1.16. The van der Waals surface area contributed by atoms with Gasteiger partial charge >= 0.3 is 0 Å². The van der Waals surface area contributed by atoms with Gasteiger partial charge in [0.2, 0.25) is 0 Å². The van der Waals surface area contributed by atoms with E-state index >= 15 is 0 Å². The van der Waals surface area contributed by atoms with Crippen LogP contribution in [-0.4, -0.2) is 19.8 Å². The molecule has 16 heavy (non-hydrogen) atoms. The van der Waals surface area contributed by atoms with Crippen molar-refractivity contribution < 1.29 is 4.52 Å². The Morgan fingerprint density at radius 1 is 1.38 bits per heavy atom. The van der Waals surface area contributed by atoms with E-state index in [-0.39, 0.29) is 5.88 Å². The maximum Gasteiger partial charge on any atom is 0.261 e. The van der Waals surface area contributed by atoms with Gasteiger partial charge < -0.3 is 4.52 Å². The van der Waals surface area contributed by atoms with Crippen molar-refractivity contribution in [1.82, 2.24) is 19.8 Å². The molecule has 0 saturated carbocycles. The van der Waals surface area contributed by atoms with Crippen LogP contribution in [0.25, 0.3) is 17.0 Å². The van der Waals surface area contributed by atoms with Gasteiger partial charge in [0, 0.05) is 6.20 Å². The minimum atomic E-state index is 0.239. The Bertz CT molecular complexity index is 630. The lowest BCUT2D eigenvalue weighted by Gasteiger charge is -1.91. The molecular formula is C10H7ClN4O. The van der Waals surface area contributed by atoms with E-state index in [0.29, 0.717) is 11.7 Å². The Morgan fingerprint density at radius 3 is 3.12 bits per heavy atom. The van der Waals surface area contributed by atoms with Crippen LogP contribution in [0.4, 0.5) is 0 Å². The zero-order valence-corrected chi connectivity index (χ0v) is 8.92. The van der Waals surface area contributed by atoms with E-state index in [2.05, 4.69) is 15.2 Å². The topological polar surface area (TPSA) is 56.2 Å². The first-order valence-corrected chi connectivity index (χ1v) is 5.23. The fourth-order valence-corrected chi connectivity index (χ4v) is 1.63. The molecule has 0 aromatic carbocycles. The van der Waals surface area contributed by atoms with Gasteiger partial charge in [-0.05, 0) is 12.1 Å². The highest BCUT2D eigenvalue weighted by atomic mass is 35.5. The molecule has 0 amide bonds. The zero-order valence-electron chi connectivity index (χ0n) is 8.17. The van der Waals surface area contributed by atoms with Crippen LogP contribution in [-0.2, 0) is 5.88 Å². The van der Waals surface area contributed by atoms with Crippen LogP contribution in [0.5, 0.6) is 0 Å². The predicted octanol–water partition coefficient (Wildman–Crippen LogP) is 2.12. The molecule has 0 atom stereocenters. The summed E-state index contributed by atoms with van der Waals surface area (Å²) in [5.41, 5.74) is 1.73. The molecule has 3 aromatic rings. The quantitative estimate of drug-likeness (QED) is 0.638. The van der Waals surface area contributed by atoms with Crippen LogP contribution < -0.4 is 0 Å². The summed E-state index contributed by atoms with van der Waals surface area (Å²) in [6.07, 6.45) is 3.55. The Balaban J connectivity index is 2.18. The summed E-state index contributed by atoms with van der Waals surface area (Å²) in [4.78, 5) is 4.16. The zero-order chi connectivity index (χ0) is 11.0. The Hall–Kier alpha value is -1.88. The second kappa shape index (κ2) is 3.61. The first kappa shape index (κ1) is 9.35. The molecule has 0 N–H and O–H groups in total. The van der Waals surface area contributed by atoms with E-state index in [9.17, 15) is 0 Å². The molecule has 3 heterocycles. The summed E-state index contributed by atoms with van der Waals surface area (Å²) in [5, 5.41) is 7.93. The lowest BCUT2D eigenvalue weighted by Crippen LogP contribution is -1.84. The van der Waals surface area contributed by atoms with Crippen molar-refractivity contribution in [3.05, 3.63) is 36.4 Å². The third-order valence-corrected chi connectivity index (χ3v) is 2.48. The van der Waals surface area contributed by atoms with Crippen LogP contribution >= 0.6 is 11.6 Å². The van der Waals surface area contributed by atoms with Gasteiger partial charge in [0.1, 0.15) is 0 Å². The highest BCUT2D eigenvalue weighted by Gasteiger charge is 2.12. The molecule has 0 radical (unpaired) electrons. The van der Waals surface area contributed by atoms with Gasteiger partial charge in [-0.25, -0.2) is 4.52 Å². The molecule has 3 rings (SSSR count). The molecule has 0 unspecified atom stereocenters. The van der Waals surface area contributed by atoms with Crippen LogP contribution in [0.2, 0.25) is 0 Å². The van der Waals surface area contributed by atoms with E-state index in [1.165, 1.54) is 0 Å². The van der Waals surface area contributed by atoms with Gasteiger partial charge in [-0.2, -0.15) is 10.1 Å². The molecular weight excluding hydrogens is 228 g/mol. The molecule has 0 bridgehead atoms. The number of alkyl halides is 1. The molecule has 3 aromatic heterocycles. The highest BCUT2D eigenvalue weighted by Crippen LogP contribution is 2.22. The fourth-order valence-electron chi connectivity index (χ4n) is 1.52. The van der Waals surface area contributed by atoms with Crippen LogP contribution in [0.1, 0.15) is 5.82 Å². The third kappa shape index (κ3) is 1.37. The molecule has 0 aliphatic carbocycles. The monoisotopic (exact) mass is 234 g/mol. The molecule has 5 nitrogen and oxygen atoms in total. The Morgan fingerprint density at radius 2 is 2.31 bits per heavy atom. The average molecular weight is 235 g/mol. The van der Waals surface area contributed by atoms with Gasteiger partial charge in [0.25, 0.3) is 5.89 Å². The van der Waals surface area contributed by atoms with Gasteiger partial charge in [-0.1, -0.05) is 11.2 Å². The molecule has 6 heteroatoms. The Kier molecular flexibility index (Phi) is 2.11. The van der Waals surface area contributed by atoms with E-state index < -0.39 is 0 Å². The number of nitrogens with zero attached hydrogens (tertiary/aromatic N) is 4. The first-order valence-electron chi connectivity index (χ1n) is 4.70. The van der Waals surface area contributed by atoms with Gasteiger partial charge in [-0.3, -0.25) is 0 Å². The second-order valence-corrected chi connectivity index (χ2v) is 3.51. The van der Waals surface area contributed by atoms with Gasteiger partial charge in [0.15, 0.2) is 5.82 Å². The largest absolute Gasteiger partial charge is 0.334 e. The van der Waals surface area contributed by atoms with Crippen molar-refractivity contribution in [1.29, 1.82) is 0 Å². The third-order valence-electron chi connectivity index (χ3n) is 2.24. The number of halogens is 1. The van der Waals surface area contributed by atoms with Crippen molar-refractivity contribution in [2.75, 3.05) is 0 Å². The standard InChI is InChI=1S/C10H7ClN4O/c11-5-9-13-10(16-14-9)7-6-12-15-4-2-1-3-8(7)15/h1-4,6H,5H2. The smallest absolute Gasteiger partial charge is 0.261 e. The number of pyridine rings is 1. The molecule has 0 aliphatic rings. The number of hydrogen-bond donors (Lipinski definition) is 0. The maximum absolute atomic E-state index is 5.61. The van der Waals surface area contributed by atoms with Crippen molar-refractivity contribution in [2.24, 2.45) is 0 Å². The van der Waals surface area contributed by atoms with Gasteiger partial charge in [-0.15, -0.1) is 11.6 Å². The summed E-state index contributed by atoms with van der Waals surface area (Å²) in [6.45, 7) is 0. The molecule has 0 fully saturated rings. The lowest BCUT2D eigenvalue weighted by molar-refractivity contribution is 0.425. The average Bonchev–Trinajstić information content (AvgIpc) is 2.94. The SMILES string of the molecule is ClCc1noc(-c2cnn3ccccc23)n1. The summed E-state index contributed by atoms with van der Waals surface area (Å²) >= 11 is 5.61. The van der Waals surface area contributed by atoms with Crippen LogP contribution in [0.3, 0.4) is 0 Å². The van der Waals surface area contributed by atoms with Crippen molar-refractivity contribution >= 4 is 17.1 Å². The predicted molar refractivity (Wildman–Crippen MR) is 58.0 cm³/mol. The normalized spacial score (nSPS) is 11.1. The summed E-state index contributed by atoms with van der Waals surface area (Å²) in [6, 6.07) is 5.77. The number of rotatable bonds is 2. The molecule has 0 aliphatic heterocycles. The summed E-state index contributed by atoms with van der Waals surface area (Å²) < 4.78 is 6.86. The molecule has 80 valence electrons. The van der Waals surface area contributed by atoms with Crippen LogP contribution in [0, 0.1) is 0 Å². The van der Waals surface area contributed by atoms with Crippen LogP contribution in [0.15, 0.2) is 35.1 Å². The molecule has 0 saturated heterocycles. The number of fused-ring (bicyclic) bond motifs is 1.